The number of nitrogens with one attached hydrogen (secondary N) is 1. The van der Waals surface area contributed by atoms with E-state index in [1.807, 2.05) is 0 Å². The van der Waals surface area contributed by atoms with Crippen LogP contribution in [0.3, 0.4) is 0 Å². The van der Waals surface area contributed by atoms with Gasteiger partial charge in [-0.3, -0.25) is 0 Å². The van der Waals surface area contributed by atoms with E-state index in [1.165, 1.54) is 55.3 Å². The third kappa shape index (κ3) is 3.76. The molecule has 94 valence electrons. The van der Waals surface area contributed by atoms with Crippen LogP contribution in [0.5, 0.6) is 0 Å². The first-order chi connectivity index (χ1) is 8.25. The Morgan fingerprint density at radius 1 is 1.06 bits per heavy atom. The van der Waals surface area contributed by atoms with Gasteiger partial charge in [-0.05, 0) is 49.8 Å². The summed E-state index contributed by atoms with van der Waals surface area (Å²) in [6.45, 7) is 5.51. The van der Waals surface area contributed by atoms with Gasteiger partial charge in [0.25, 0.3) is 0 Å². The van der Waals surface area contributed by atoms with Gasteiger partial charge >= 0.3 is 0 Å². The first-order valence-electron chi connectivity index (χ1n) is 7.07. The Bertz CT molecular complexity index is 349. The minimum absolute atomic E-state index is 0.886. The van der Waals surface area contributed by atoms with Gasteiger partial charge in [0.2, 0.25) is 0 Å². The number of aryl methyl sites for hydroxylation is 2. The highest BCUT2D eigenvalue weighted by Crippen LogP contribution is 2.24. The van der Waals surface area contributed by atoms with Crippen molar-refractivity contribution in [2.24, 2.45) is 5.92 Å². The normalized spacial score (nSPS) is 17.8. The monoisotopic (exact) mass is 231 g/mol. The minimum Gasteiger partial charge on any atom is -0.385 e. The molecule has 0 saturated heterocycles. The Hall–Kier alpha value is -0.980. The molecule has 0 amide bonds. The van der Waals surface area contributed by atoms with Crippen molar-refractivity contribution in [3.05, 3.63) is 29.3 Å². The van der Waals surface area contributed by atoms with Crippen molar-refractivity contribution in [3.63, 3.8) is 0 Å². The molecule has 1 fully saturated rings. The number of hydrogen-bond donors (Lipinski definition) is 1. The van der Waals surface area contributed by atoms with Crippen LogP contribution in [0.1, 0.15) is 49.7 Å². The van der Waals surface area contributed by atoms with Gasteiger partial charge in [-0.25, -0.2) is 0 Å². The summed E-state index contributed by atoms with van der Waals surface area (Å²) in [6, 6.07) is 6.67. The lowest BCUT2D eigenvalue weighted by molar-refractivity contribution is 0.483. The minimum atomic E-state index is 0.886. The topological polar surface area (TPSA) is 12.0 Å². The maximum absolute atomic E-state index is 3.65. The lowest BCUT2D eigenvalue weighted by Gasteiger charge is -2.17. The van der Waals surface area contributed by atoms with Crippen LogP contribution in [0, 0.1) is 19.8 Å². The van der Waals surface area contributed by atoms with Crippen molar-refractivity contribution >= 4 is 5.69 Å². The molecule has 0 radical (unpaired) electrons. The van der Waals surface area contributed by atoms with Crippen molar-refractivity contribution in [2.45, 2.75) is 52.4 Å². The van der Waals surface area contributed by atoms with Crippen molar-refractivity contribution in [1.29, 1.82) is 0 Å². The lowest BCUT2D eigenvalue weighted by atomic mass is 10.00. The summed E-state index contributed by atoms with van der Waals surface area (Å²) in [7, 11) is 0. The van der Waals surface area contributed by atoms with E-state index in [2.05, 4.69) is 37.4 Å². The van der Waals surface area contributed by atoms with Crippen LogP contribution < -0.4 is 5.32 Å². The van der Waals surface area contributed by atoms with Crippen LogP contribution in [-0.4, -0.2) is 6.54 Å². The van der Waals surface area contributed by atoms with Gasteiger partial charge in [-0.15, -0.1) is 0 Å². The Morgan fingerprint density at radius 2 is 1.76 bits per heavy atom. The molecule has 1 aromatic rings. The Balaban J connectivity index is 1.89. The summed E-state index contributed by atoms with van der Waals surface area (Å²) in [5, 5.41) is 3.65. The van der Waals surface area contributed by atoms with Crippen LogP contribution in [0.15, 0.2) is 18.2 Å². The molecular weight excluding hydrogens is 206 g/mol. The molecule has 2 rings (SSSR count). The van der Waals surface area contributed by atoms with Crippen LogP contribution in [0.25, 0.3) is 0 Å². The van der Waals surface area contributed by atoms with Crippen LogP contribution in [0.2, 0.25) is 0 Å². The first kappa shape index (κ1) is 12.5. The highest BCUT2D eigenvalue weighted by Gasteiger charge is 2.12. The van der Waals surface area contributed by atoms with Gasteiger partial charge in [0.15, 0.2) is 0 Å². The van der Waals surface area contributed by atoms with Crippen molar-refractivity contribution in [2.75, 3.05) is 11.9 Å². The van der Waals surface area contributed by atoms with E-state index in [0.717, 1.165) is 12.5 Å². The summed E-state index contributed by atoms with van der Waals surface area (Å²) in [5.41, 5.74) is 4.04. The Labute approximate surface area is 106 Å². The number of hydrogen-bond acceptors (Lipinski definition) is 1. The molecule has 1 aromatic carbocycles. The fourth-order valence-corrected chi connectivity index (χ4v) is 2.75. The lowest BCUT2D eigenvalue weighted by Crippen LogP contribution is -2.14. The van der Waals surface area contributed by atoms with Gasteiger partial charge in [0.1, 0.15) is 0 Å². The Kier molecular flexibility index (Phi) is 4.47. The van der Waals surface area contributed by atoms with Crippen molar-refractivity contribution < 1.29 is 0 Å². The quantitative estimate of drug-likeness (QED) is 0.744. The summed E-state index contributed by atoms with van der Waals surface area (Å²) < 4.78 is 0. The Morgan fingerprint density at radius 3 is 2.47 bits per heavy atom. The molecule has 0 spiro atoms. The largest absolute Gasteiger partial charge is 0.385 e. The molecule has 1 heteroatoms. The van der Waals surface area contributed by atoms with E-state index in [-0.39, 0.29) is 0 Å². The average molecular weight is 231 g/mol. The van der Waals surface area contributed by atoms with E-state index in [4.69, 9.17) is 0 Å². The summed E-state index contributed by atoms with van der Waals surface area (Å²) in [5.74, 6) is 0.886. The third-order valence-electron chi connectivity index (χ3n) is 3.95. The highest BCUT2D eigenvalue weighted by atomic mass is 14.9. The molecule has 1 aliphatic carbocycles. The van der Waals surface area contributed by atoms with Gasteiger partial charge in [0.05, 0.1) is 0 Å². The zero-order valence-electron chi connectivity index (χ0n) is 11.3. The molecule has 0 bridgehead atoms. The van der Waals surface area contributed by atoms with E-state index in [0.29, 0.717) is 0 Å². The zero-order chi connectivity index (χ0) is 12.1. The van der Waals surface area contributed by atoms with Crippen molar-refractivity contribution in [1.82, 2.24) is 0 Å². The second-order valence-corrected chi connectivity index (χ2v) is 5.56. The molecule has 1 nitrogen and oxygen atoms in total. The molecule has 1 N–H and O–H groups in total. The molecule has 0 atom stereocenters. The SMILES string of the molecule is Cc1ccc(C)c(NCC2CCCCCC2)c1. The number of benzene rings is 1. The fraction of sp³-hybridized carbons (Fsp3) is 0.625. The average Bonchev–Trinajstić information content (AvgIpc) is 2.59. The van der Waals surface area contributed by atoms with Crippen LogP contribution in [0.4, 0.5) is 5.69 Å². The van der Waals surface area contributed by atoms with Gasteiger partial charge in [0, 0.05) is 12.2 Å². The van der Waals surface area contributed by atoms with Gasteiger partial charge in [-0.1, -0.05) is 37.8 Å². The molecule has 0 aliphatic heterocycles. The summed E-state index contributed by atoms with van der Waals surface area (Å²) >= 11 is 0. The third-order valence-corrected chi connectivity index (χ3v) is 3.95. The molecule has 17 heavy (non-hydrogen) atoms. The smallest absolute Gasteiger partial charge is 0.0372 e. The van der Waals surface area contributed by atoms with E-state index in [1.54, 1.807) is 0 Å². The maximum Gasteiger partial charge on any atom is 0.0372 e. The second kappa shape index (κ2) is 6.09. The highest BCUT2D eigenvalue weighted by molar-refractivity contribution is 5.52. The van der Waals surface area contributed by atoms with Gasteiger partial charge in [-0.2, -0.15) is 0 Å². The second-order valence-electron chi connectivity index (χ2n) is 5.56. The van der Waals surface area contributed by atoms with E-state index in [9.17, 15) is 0 Å². The van der Waals surface area contributed by atoms with E-state index >= 15 is 0 Å². The summed E-state index contributed by atoms with van der Waals surface area (Å²) in [6.07, 6.45) is 8.58. The molecule has 0 unspecified atom stereocenters. The molecule has 0 aromatic heterocycles. The van der Waals surface area contributed by atoms with Crippen LogP contribution in [-0.2, 0) is 0 Å². The molecule has 1 saturated carbocycles. The molecule has 1 aliphatic rings. The standard InChI is InChI=1S/C16H25N/c1-13-9-10-14(2)16(11-13)17-12-15-7-5-3-4-6-8-15/h9-11,15,17H,3-8,12H2,1-2H3. The first-order valence-corrected chi connectivity index (χ1v) is 7.07. The number of rotatable bonds is 3. The molecule has 0 heterocycles. The van der Waals surface area contributed by atoms with E-state index < -0.39 is 0 Å². The predicted molar refractivity (Wildman–Crippen MR) is 75.6 cm³/mol. The van der Waals surface area contributed by atoms with Gasteiger partial charge < -0.3 is 5.32 Å². The zero-order valence-corrected chi connectivity index (χ0v) is 11.3. The van der Waals surface area contributed by atoms with Crippen LogP contribution >= 0.6 is 0 Å². The fourth-order valence-electron chi connectivity index (χ4n) is 2.75. The maximum atomic E-state index is 3.65. The predicted octanol–water partition coefficient (Wildman–Crippen LogP) is 4.69. The van der Waals surface area contributed by atoms with Crippen molar-refractivity contribution in [3.8, 4) is 0 Å². The number of anilines is 1. The summed E-state index contributed by atoms with van der Waals surface area (Å²) in [4.78, 5) is 0. The molecular formula is C16H25N.